The third-order valence-corrected chi connectivity index (χ3v) is 7.59. The molecule has 4 rings (SSSR count). The Kier molecular flexibility index (Phi) is 8.21. The molecule has 37 heavy (non-hydrogen) atoms. The molecule has 1 aliphatic rings. The number of aromatic nitrogens is 2. The van der Waals surface area contributed by atoms with Crippen LogP contribution in [0.15, 0.2) is 75.2 Å². The van der Waals surface area contributed by atoms with Gasteiger partial charge < -0.3 is 0 Å². The summed E-state index contributed by atoms with van der Waals surface area (Å²) in [7, 11) is -1.63. The van der Waals surface area contributed by atoms with Gasteiger partial charge >= 0.3 is 0 Å². The lowest BCUT2D eigenvalue weighted by Crippen LogP contribution is -2.21. The second kappa shape index (κ2) is 11.2. The first-order valence-corrected chi connectivity index (χ1v) is 13.7. The van der Waals surface area contributed by atoms with Crippen LogP contribution < -0.4 is 5.56 Å². The predicted molar refractivity (Wildman–Crippen MR) is 145 cm³/mol. The molecule has 2 aromatic heterocycles. The number of halogens is 4. The molecule has 2 heterocycles. The van der Waals surface area contributed by atoms with Crippen LogP contribution in [0.5, 0.6) is 0 Å². The first-order valence-electron chi connectivity index (χ1n) is 11.4. The van der Waals surface area contributed by atoms with Crippen molar-refractivity contribution in [3.8, 4) is 0 Å². The Morgan fingerprint density at radius 3 is 2.62 bits per heavy atom. The third-order valence-electron chi connectivity index (χ3n) is 6.06. The quantitative estimate of drug-likeness (QED) is 0.235. The van der Waals surface area contributed by atoms with Crippen molar-refractivity contribution < 1.29 is 13.0 Å². The molecule has 10 heteroatoms. The van der Waals surface area contributed by atoms with E-state index in [1.165, 1.54) is 30.7 Å². The third kappa shape index (κ3) is 5.66. The minimum atomic E-state index is -1.63. The molecule has 3 aromatic rings. The molecule has 0 amide bonds. The van der Waals surface area contributed by atoms with E-state index in [2.05, 4.69) is 9.98 Å². The highest BCUT2D eigenvalue weighted by Crippen LogP contribution is 2.55. The number of benzene rings is 1. The van der Waals surface area contributed by atoms with Crippen LogP contribution in [0.3, 0.4) is 0 Å². The molecular weight excluding hydrogens is 539 g/mol. The normalized spacial score (nSPS) is 18.9. The first-order chi connectivity index (χ1) is 17.6. The summed E-state index contributed by atoms with van der Waals surface area (Å²) in [5, 5.41) is 0.370. The zero-order chi connectivity index (χ0) is 26.9. The van der Waals surface area contributed by atoms with E-state index in [0.29, 0.717) is 16.4 Å². The van der Waals surface area contributed by atoms with Crippen molar-refractivity contribution in [2.75, 3.05) is 6.26 Å². The fraction of sp³-hybridized carbons (Fsp3) is 0.222. The SMILES string of the molecule is C/C=C/N=C(/C(F)=C/n1c(C)cc(C2CC2c2cccc(Cl)n2)c(Cl)c1=O)c1cccc(S(C)=O)c1F. The number of hydrogen-bond acceptors (Lipinski definition) is 4. The molecule has 0 spiro atoms. The van der Waals surface area contributed by atoms with E-state index in [0.717, 1.165) is 22.9 Å². The number of nitrogens with zero attached hydrogens (tertiary/aromatic N) is 3. The van der Waals surface area contributed by atoms with Gasteiger partial charge in [-0.05, 0) is 62.1 Å². The summed E-state index contributed by atoms with van der Waals surface area (Å²) < 4.78 is 43.6. The fourth-order valence-electron chi connectivity index (χ4n) is 4.17. The second-order valence-electron chi connectivity index (χ2n) is 8.57. The van der Waals surface area contributed by atoms with Gasteiger partial charge in [0.2, 0.25) is 0 Å². The highest BCUT2D eigenvalue weighted by molar-refractivity contribution is 7.84. The Hall–Kier alpha value is -2.94. The highest BCUT2D eigenvalue weighted by Gasteiger charge is 2.42. The molecule has 0 bridgehead atoms. The molecule has 1 saturated carbocycles. The van der Waals surface area contributed by atoms with Gasteiger partial charge in [0.1, 0.15) is 21.7 Å². The average molecular weight is 562 g/mol. The molecule has 5 nitrogen and oxygen atoms in total. The first kappa shape index (κ1) is 27.1. The van der Waals surface area contributed by atoms with Gasteiger partial charge in [-0.25, -0.2) is 13.8 Å². The monoisotopic (exact) mass is 561 g/mol. The molecule has 0 radical (unpaired) electrons. The van der Waals surface area contributed by atoms with E-state index in [-0.39, 0.29) is 33.0 Å². The number of hydrogen-bond donors (Lipinski definition) is 0. The maximum atomic E-state index is 15.6. The Morgan fingerprint density at radius 2 is 1.95 bits per heavy atom. The molecule has 0 aliphatic heterocycles. The summed E-state index contributed by atoms with van der Waals surface area (Å²) in [4.78, 5) is 21.5. The van der Waals surface area contributed by atoms with Crippen molar-refractivity contribution in [3.05, 3.63) is 109 Å². The Bertz CT molecular complexity index is 1550. The number of aliphatic imine (C=N–C) groups is 1. The maximum absolute atomic E-state index is 15.6. The lowest BCUT2D eigenvalue weighted by Gasteiger charge is -2.12. The van der Waals surface area contributed by atoms with Crippen molar-refractivity contribution in [2.24, 2.45) is 4.99 Å². The van der Waals surface area contributed by atoms with E-state index in [4.69, 9.17) is 23.2 Å². The maximum Gasteiger partial charge on any atom is 0.273 e. The summed E-state index contributed by atoms with van der Waals surface area (Å²) in [5.74, 6) is -1.73. The van der Waals surface area contributed by atoms with Gasteiger partial charge in [0.05, 0.1) is 21.9 Å². The number of rotatable bonds is 7. The van der Waals surface area contributed by atoms with Crippen LogP contribution in [0, 0.1) is 12.7 Å². The number of aryl methyl sites for hydroxylation is 1. The van der Waals surface area contributed by atoms with E-state index < -0.39 is 28.0 Å². The van der Waals surface area contributed by atoms with Crippen LogP contribution in [-0.4, -0.2) is 25.7 Å². The topological polar surface area (TPSA) is 64.3 Å². The van der Waals surface area contributed by atoms with Crippen LogP contribution in [0.25, 0.3) is 6.20 Å². The van der Waals surface area contributed by atoms with Gasteiger partial charge in [0.15, 0.2) is 5.83 Å². The molecule has 0 N–H and O–H groups in total. The van der Waals surface area contributed by atoms with Crippen LogP contribution in [0.1, 0.15) is 47.7 Å². The summed E-state index contributed by atoms with van der Waals surface area (Å²) in [6, 6.07) is 11.3. The Labute approximate surface area is 225 Å². The van der Waals surface area contributed by atoms with Gasteiger partial charge in [-0.2, -0.15) is 0 Å². The largest absolute Gasteiger partial charge is 0.284 e. The van der Waals surface area contributed by atoms with E-state index in [1.54, 1.807) is 32.1 Å². The molecule has 3 atom stereocenters. The van der Waals surface area contributed by atoms with Gasteiger partial charge in [-0.1, -0.05) is 41.4 Å². The highest BCUT2D eigenvalue weighted by atomic mass is 35.5. The van der Waals surface area contributed by atoms with Crippen LogP contribution >= 0.6 is 23.2 Å². The van der Waals surface area contributed by atoms with Crippen molar-refractivity contribution in [1.82, 2.24) is 9.55 Å². The molecule has 1 fully saturated rings. The molecular formula is C27H23Cl2F2N3O2S. The molecule has 1 aromatic carbocycles. The minimum Gasteiger partial charge on any atom is -0.284 e. The number of pyridine rings is 2. The summed E-state index contributed by atoms with van der Waals surface area (Å²) in [6.45, 7) is 3.33. The van der Waals surface area contributed by atoms with Crippen LogP contribution in [-0.2, 0) is 10.8 Å². The van der Waals surface area contributed by atoms with Crippen molar-refractivity contribution in [3.63, 3.8) is 0 Å². The van der Waals surface area contributed by atoms with Crippen LogP contribution in [0.4, 0.5) is 8.78 Å². The van der Waals surface area contributed by atoms with E-state index in [1.807, 2.05) is 12.1 Å². The predicted octanol–water partition coefficient (Wildman–Crippen LogP) is 6.80. The Balaban J connectivity index is 1.74. The Morgan fingerprint density at radius 1 is 1.22 bits per heavy atom. The molecule has 3 unspecified atom stereocenters. The minimum absolute atomic E-state index is 0.00749. The van der Waals surface area contributed by atoms with E-state index >= 15 is 8.78 Å². The fourth-order valence-corrected chi connectivity index (χ4v) is 5.26. The lowest BCUT2D eigenvalue weighted by atomic mass is 10.1. The molecule has 192 valence electrons. The van der Waals surface area contributed by atoms with Crippen molar-refractivity contribution in [1.29, 1.82) is 0 Å². The standard InChI is InChI=1S/C27H23Cl2F2N3O2S/c1-4-11-32-26(16-7-5-9-22(25(16)31)37(3)36)20(30)14-34-15(2)12-19(24(29)27(34)35)17-13-18(17)21-8-6-10-23(28)33-21/h4-12,14,17-18H,13H2,1-3H3/b11-4+,20-14-,32-26+. The zero-order valence-corrected chi connectivity index (χ0v) is 22.5. The van der Waals surface area contributed by atoms with Gasteiger partial charge in [-0.3, -0.25) is 18.6 Å². The van der Waals surface area contributed by atoms with E-state index in [9.17, 15) is 9.00 Å². The smallest absolute Gasteiger partial charge is 0.273 e. The van der Waals surface area contributed by atoms with Crippen LogP contribution in [0.2, 0.25) is 10.2 Å². The van der Waals surface area contributed by atoms with Crippen molar-refractivity contribution >= 4 is 45.9 Å². The number of allylic oxidation sites excluding steroid dienone is 2. The summed E-state index contributed by atoms with van der Waals surface area (Å²) in [6.07, 6.45) is 5.89. The molecule has 1 aliphatic carbocycles. The summed E-state index contributed by atoms with van der Waals surface area (Å²) >= 11 is 12.5. The second-order valence-corrected chi connectivity index (χ2v) is 10.7. The zero-order valence-electron chi connectivity index (χ0n) is 20.2. The lowest BCUT2D eigenvalue weighted by molar-refractivity contribution is 0.591. The van der Waals surface area contributed by atoms with Crippen molar-refractivity contribution in [2.45, 2.75) is 37.0 Å². The average Bonchev–Trinajstić information content (AvgIpc) is 3.66. The van der Waals surface area contributed by atoms with Gasteiger partial charge in [-0.15, -0.1) is 0 Å². The van der Waals surface area contributed by atoms with Gasteiger partial charge in [0, 0.05) is 35.3 Å². The van der Waals surface area contributed by atoms with Gasteiger partial charge in [0.25, 0.3) is 5.56 Å². The molecule has 0 saturated heterocycles. The summed E-state index contributed by atoms with van der Waals surface area (Å²) in [5.41, 5.74) is 0.798.